The first-order chi connectivity index (χ1) is 14.8. The second-order valence-electron chi connectivity index (χ2n) is 7.76. The number of ether oxygens (including phenoxy) is 6. The maximum Gasteiger partial charge on any atom is 0.407 e. The summed E-state index contributed by atoms with van der Waals surface area (Å²) in [6, 6.07) is 8.40. The summed E-state index contributed by atoms with van der Waals surface area (Å²) >= 11 is 0. The molecule has 0 spiro atoms. The Kier molecular flexibility index (Phi) is 7.66. The van der Waals surface area contributed by atoms with E-state index in [9.17, 15) is 9.59 Å². The number of nitrogens with one attached hydrogen (secondary N) is 1. The van der Waals surface area contributed by atoms with Crippen molar-refractivity contribution in [1.82, 2.24) is 5.32 Å². The Balaban J connectivity index is 1.77. The molecule has 2 aliphatic heterocycles. The maximum absolute atomic E-state index is 12.6. The smallest absolute Gasteiger partial charge is 0.407 e. The maximum atomic E-state index is 12.6. The minimum absolute atomic E-state index is 0.0834. The quantitative estimate of drug-likeness (QED) is 0.514. The number of hydrogen-bond acceptors (Lipinski definition) is 8. The van der Waals surface area contributed by atoms with Crippen LogP contribution in [0.4, 0.5) is 4.79 Å². The summed E-state index contributed by atoms with van der Waals surface area (Å²) in [5, 5.41) is 2.72. The van der Waals surface area contributed by atoms with Crippen LogP contribution in [0.2, 0.25) is 0 Å². The highest BCUT2D eigenvalue weighted by Crippen LogP contribution is 2.34. The van der Waals surface area contributed by atoms with Crippen LogP contribution in [0.1, 0.15) is 26.3 Å². The van der Waals surface area contributed by atoms with Crippen molar-refractivity contribution in [3.05, 3.63) is 48.6 Å². The lowest BCUT2D eigenvalue weighted by Gasteiger charge is -2.50. The minimum Gasteiger partial charge on any atom is -0.457 e. The molecule has 9 nitrogen and oxygen atoms in total. The van der Waals surface area contributed by atoms with Gasteiger partial charge in [-0.05, 0) is 19.4 Å². The molecule has 0 saturated carbocycles. The van der Waals surface area contributed by atoms with E-state index < -0.39 is 48.5 Å². The Morgan fingerprint density at radius 2 is 2.03 bits per heavy atom. The first-order valence-corrected chi connectivity index (χ1v) is 10.1. The molecule has 170 valence electrons. The van der Waals surface area contributed by atoms with Gasteiger partial charge >= 0.3 is 12.1 Å². The van der Waals surface area contributed by atoms with Gasteiger partial charge in [0.15, 0.2) is 18.2 Å². The van der Waals surface area contributed by atoms with Crippen molar-refractivity contribution in [2.75, 3.05) is 13.2 Å². The van der Waals surface area contributed by atoms with Crippen molar-refractivity contribution in [3.8, 4) is 0 Å². The Morgan fingerprint density at radius 3 is 2.71 bits per heavy atom. The van der Waals surface area contributed by atoms with E-state index in [0.717, 1.165) is 5.56 Å². The van der Waals surface area contributed by atoms with Gasteiger partial charge in [-0.2, -0.15) is 0 Å². The Hall–Kier alpha value is -2.46. The first kappa shape index (κ1) is 23.2. The second-order valence-corrected chi connectivity index (χ2v) is 7.76. The third kappa shape index (κ3) is 6.27. The number of esters is 1. The van der Waals surface area contributed by atoms with Crippen LogP contribution in [0, 0.1) is 0 Å². The van der Waals surface area contributed by atoms with Gasteiger partial charge in [0.25, 0.3) is 0 Å². The van der Waals surface area contributed by atoms with Crippen molar-refractivity contribution in [2.45, 2.75) is 63.8 Å². The number of fused-ring (bicyclic) bond motifs is 1. The molecule has 0 unspecified atom stereocenters. The summed E-state index contributed by atoms with van der Waals surface area (Å²) in [7, 11) is 0. The second kappa shape index (κ2) is 10.2. The molecular weight excluding hydrogens is 406 g/mol. The van der Waals surface area contributed by atoms with Crippen molar-refractivity contribution in [2.24, 2.45) is 0 Å². The highest BCUT2D eigenvalue weighted by Gasteiger charge is 2.54. The zero-order valence-corrected chi connectivity index (χ0v) is 17.9. The van der Waals surface area contributed by atoms with Crippen molar-refractivity contribution < 1.29 is 38.0 Å². The molecule has 2 heterocycles. The lowest BCUT2D eigenvalue weighted by molar-refractivity contribution is -0.368. The molecule has 9 heteroatoms. The number of carbonyl (C=O) groups is 2. The SMILES string of the molecule is C=CCO[C@H]1O[C@@H]2COC(C)(C)O[C@H]2[C@H](OC(C)=O)[C@H]1NC(=O)OCc1ccccc1. The molecule has 0 radical (unpaired) electrons. The van der Waals surface area contributed by atoms with Gasteiger partial charge in [0.05, 0.1) is 13.2 Å². The lowest BCUT2D eigenvalue weighted by atomic mass is 9.95. The van der Waals surface area contributed by atoms with E-state index in [1.807, 2.05) is 30.3 Å². The van der Waals surface area contributed by atoms with Crippen molar-refractivity contribution >= 4 is 12.1 Å². The summed E-state index contributed by atoms with van der Waals surface area (Å²) in [6.07, 6.45) is -2.18. The van der Waals surface area contributed by atoms with E-state index >= 15 is 0 Å². The van der Waals surface area contributed by atoms with Crippen LogP contribution in [0.3, 0.4) is 0 Å². The topological polar surface area (TPSA) is 102 Å². The number of hydrogen-bond donors (Lipinski definition) is 1. The predicted octanol–water partition coefficient (Wildman–Crippen LogP) is 2.29. The molecule has 1 aromatic rings. The van der Waals surface area contributed by atoms with Crippen molar-refractivity contribution in [3.63, 3.8) is 0 Å². The average molecular weight is 435 g/mol. The highest BCUT2D eigenvalue weighted by atomic mass is 16.8. The third-order valence-corrected chi connectivity index (χ3v) is 4.84. The summed E-state index contributed by atoms with van der Waals surface area (Å²) in [5.74, 6) is -1.43. The zero-order chi connectivity index (χ0) is 22.4. The van der Waals surface area contributed by atoms with Crippen LogP contribution in [0.25, 0.3) is 0 Å². The van der Waals surface area contributed by atoms with E-state index in [2.05, 4.69) is 11.9 Å². The van der Waals surface area contributed by atoms with E-state index in [0.29, 0.717) is 0 Å². The summed E-state index contributed by atoms with van der Waals surface area (Å²) in [5.41, 5.74) is 0.836. The van der Waals surface area contributed by atoms with Gasteiger partial charge in [-0.1, -0.05) is 36.4 Å². The van der Waals surface area contributed by atoms with Gasteiger partial charge in [-0.15, -0.1) is 6.58 Å². The van der Waals surface area contributed by atoms with E-state index in [1.165, 1.54) is 6.92 Å². The van der Waals surface area contributed by atoms with Gasteiger partial charge in [0.2, 0.25) is 0 Å². The summed E-state index contributed by atoms with van der Waals surface area (Å²) in [6.45, 7) is 8.90. The van der Waals surface area contributed by atoms with E-state index in [4.69, 9.17) is 28.4 Å². The molecule has 5 atom stereocenters. The number of rotatable bonds is 7. The standard InChI is InChI=1S/C22H29NO8/c1-5-11-26-20-17(23-21(25)27-12-15-9-7-6-8-10-15)19(29-14(2)24)18-16(30-20)13-28-22(3,4)31-18/h5-10,16-20H,1,11-13H2,2-4H3,(H,23,25)/t16-,17-,18-,19-,20+/m1/s1. The lowest BCUT2D eigenvalue weighted by Crippen LogP contribution is -2.69. The fourth-order valence-electron chi connectivity index (χ4n) is 3.52. The van der Waals surface area contributed by atoms with Gasteiger partial charge in [0, 0.05) is 6.92 Å². The van der Waals surface area contributed by atoms with Crippen LogP contribution >= 0.6 is 0 Å². The molecule has 1 amide bonds. The van der Waals surface area contributed by atoms with Crippen LogP contribution in [0.5, 0.6) is 0 Å². The summed E-state index contributed by atoms with van der Waals surface area (Å²) in [4.78, 5) is 24.4. The number of benzene rings is 1. The zero-order valence-electron chi connectivity index (χ0n) is 17.9. The predicted molar refractivity (Wildman–Crippen MR) is 109 cm³/mol. The summed E-state index contributed by atoms with van der Waals surface area (Å²) < 4.78 is 34.3. The third-order valence-electron chi connectivity index (χ3n) is 4.84. The van der Waals surface area contributed by atoms with E-state index in [-0.39, 0.29) is 19.8 Å². The van der Waals surface area contributed by atoms with Crippen LogP contribution in [-0.4, -0.2) is 61.7 Å². The number of amides is 1. The Labute approximate surface area is 181 Å². The number of alkyl carbamates (subject to hydrolysis) is 1. The minimum atomic E-state index is -0.929. The van der Waals surface area contributed by atoms with Gasteiger partial charge in [-0.25, -0.2) is 4.79 Å². The van der Waals surface area contributed by atoms with Crippen LogP contribution < -0.4 is 5.32 Å². The molecule has 1 aromatic carbocycles. The first-order valence-electron chi connectivity index (χ1n) is 10.1. The van der Waals surface area contributed by atoms with Gasteiger partial charge in [0.1, 0.15) is 24.9 Å². The molecule has 0 aromatic heterocycles. The Morgan fingerprint density at radius 1 is 1.29 bits per heavy atom. The van der Waals surface area contributed by atoms with Crippen LogP contribution in [-0.2, 0) is 39.8 Å². The molecule has 31 heavy (non-hydrogen) atoms. The normalized spacial score (nSPS) is 29.3. The average Bonchev–Trinajstić information content (AvgIpc) is 2.73. The molecule has 0 aliphatic carbocycles. The monoisotopic (exact) mass is 435 g/mol. The highest BCUT2D eigenvalue weighted by molar-refractivity contribution is 5.68. The largest absolute Gasteiger partial charge is 0.457 e. The van der Waals surface area contributed by atoms with Crippen LogP contribution in [0.15, 0.2) is 43.0 Å². The molecule has 1 N–H and O–H groups in total. The van der Waals surface area contributed by atoms with Gasteiger partial charge in [-0.3, -0.25) is 4.79 Å². The van der Waals surface area contributed by atoms with E-state index in [1.54, 1.807) is 19.9 Å². The fraction of sp³-hybridized carbons (Fsp3) is 0.545. The molecule has 2 saturated heterocycles. The molecule has 3 rings (SSSR count). The molecule has 2 aliphatic rings. The Bertz CT molecular complexity index is 768. The molecule has 2 fully saturated rings. The number of carbonyl (C=O) groups excluding carboxylic acids is 2. The fourth-order valence-corrected chi connectivity index (χ4v) is 3.52. The molecule has 0 bridgehead atoms. The van der Waals surface area contributed by atoms with Gasteiger partial charge < -0.3 is 33.7 Å². The van der Waals surface area contributed by atoms with Crippen molar-refractivity contribution in [1.29, 1.82) is 0 Å². The molecular formula is C22H29NO8.